The summed E-state index contributed by atoms with van der Waals surface area (Å²) in [5.74, 6) is 0. The highest BCUT2D eigenvalue weighted by molar-refractivity contribution is 14.1. The van der Waals surface area contributed by atoms with Gasteiger partial charge in [0.25, 0.3) is 0 Å². The number of hydrogen-bond donors (Lipinski definition) is 2. The maximum absolute atomic E-state index is 5.50. The van der Waals surface area contributed by atoms with Gasteiger partial charge >= 0.3 is 0 Å². The number of aromatic nitrogens is 1. The second kappa shape index (κ2) is 5.94. The Balaban J connectivity index is 2.23. The molecule has 0 fully saturated rings. The van der Waals surface area contributed by atoms with E-state index in [-0.39, 0.29) is 0 Å². The molecule has 0 aliphatic heterocycles. The standard InChI is InChI=1S/C12H9BrIN3S/c13-7-1-3-9(14)11(5-7)17-8-2-4-10(12(15)18)16-6-8/h1-6,17H,(H2,15,18). The molecule has 2 aromatic rings. The highest BCUT2D eigenvalue weighted by Gasteiger charge is 2.02. The van der Waals surface area contributed by atoms with Crippen molar-refractivity contribution in [2.24, 2.45) is 5.73 Å². The average Bonchev–Trinajstić information content (AvgIpc) is 2.34. The molecule has 18 heavy (non-hydrogen) atoms. The van der Waals surface area contributed by atoms with Gasteiger partial charge in [-0.2, -0.15) is 0 Å². The van der Waals surface area contributed by atoms with Crippen molar-refractivity contribution in [1.82, 2.24) is 4.98 Å². The highest BCUT2D eigenvalue weighted by atomic mass is 127. The van der Waals surface area contributed by atoms with E-state index in [0.29, 0.717) is 10.7 Å². The zero-order valence-corrected chi connectivity index (χ0v) is 13.7. The van der Waals surface area contributed by atoms with E-state index in [4.69, 9.17) is 18.0 Å². The Bertz CT molecular complexity index is 586. The fourth-order valence-corrected chi connectivity index (χ4v) is 2.31. The van der Waals surface area contributed by atoms with Crippen molar-refractivity contribution in [1.29, 1.82) is 0 Å². The Morgan fingerprint density at radius 2 is 2.11 bits per heavy atom. The maximum Gasteiger partial charge on any atom is 0.122 e. The molecule has 2 rings (SSSR count). The number of anilines is 2. The SMILES string of the molecule is NC(=S)c1ccc(Nc2cc(Br)ccc2I)cn1. The van der Waals surface area contributed by atoms with Crippen molar-refractivity contribution in [3.63, 3.8) is 0 Å². The molecule has 1 aromatic heterocycles. The molecule has 0 spiro atoms. The van der Waals surface area contributed by atoms with Crippen LogP contribution in [0.15, 0.2) is 41.0 Å². The van der Waals surface area contributed by atoms with Crippen LogP contribution in [0.3, 0.4) is 0 Å². The number of pyridine rings is 1. The molecular formula is C12H9BrIN3S. The quantitative estimate of drug-likeness (QED) is 0.570. The molecule has 0 radical (unpaired) electrons. The minimum absolute atomic E-state index is 0.304. The van der Waals surface area contributed by atoms with E-state index < -0.39 is 0 Å². The van der Waals surface area contributed by atoms with Crippen LogP contribution in [0.25, 0.3) is 0 Å². The van der Waals surface area contributed by atoms with Gasteiger partial charge in [-0.15, -0.1) is 0 Å². The summed E-state index contributed by atoms with van der Waals surface area (Å²) >= 11 is 10.6. The number of nitrogens with zero attached hydrogens (tertiary/aromatic N) is 1. The highest BCUT2D eigenvalue weighted by Crippen LogP contribution is 2.25. The molecule has 0 saturated carbocycles. The van der Waals surface area contributed by atoms with Crippen LogP contribution in [-0.4, -0.2) is 9.97 Å². The fraction of sp³-hybridized carbons (Fsp3) is 0. The normalized spacial score (nSPS) is 10.1. The summed E-state index contributed by atoms with van der Waals surface area (Å²) in [4.78, 5) is 4.49. The molecular weight excluding hydrogens is 425 g/mol. The number of nitrogens with two attached hydrogens (primary N) is 1. The number of rotatable bonds is 3. The Kier molecular flexibility index (Phi) is 4.52. The van der Waals surface area contributed by atoms with Crippen LogP contribution in [0.4, 0.5) is 11.4 Å². The largest absolute Gasteiger partial charge is 0.388 e. The molecule has 0 atom stereocenters. The summed E-state index contributed by atoms with van der Waals surface area (Å²) in [5, 5.41) is 3.30. The molecule has 0 bridgehead atoms. The van der Waals surface area contributed by atoms with Crippen molar-refractivity contribution in [2.75, 3.05) is 5.32 Å². The summed E-state index contributed by atoms with van der Waals surface area (Å²) < 4.78 is 2.16. The van der Waals surface area contributed by atoms with Crippen LogP contribution in [0.1, 0.15) is 5.69 Å². The molecule has 0 unspecified atom stereocenters. The lowest BCUT2D eigenvalue weighted by Crippen LogP contribution is -2.11. The first kappa shape index (κ1) is 13.7. The topological polar surface area (TPSA) is 50.9 Å². The van der Waals surface area contributed by atoms with Crippen molar-refractivity contribution in [3.05, 3.63) is 50.3 Å². The van der Waals surface area contributed by atoms with Crippen LogP contribution in [0.2, 0.25) is 0 Å². The lowest BCUT2D eigenvalue weighted by Gasteiger charge is -2.09. The zero-order chi connectivity index (χ0) is 13.1. The molecule has 92 valence electrons. The van der Waals surface area contributed by atoms with Gasteiger partial charge in [0.1, 0.15) is 4.99 Å². The number of thiocarbonyl (C=S) groups is 1. The minimum Gasteiger partial charge on any atom is -0.388 e. The summed E-state index contributed by atoms with van der Waals surface area (Å²) in [6.45, 7) is 0. The third kappa shape index (κ3) is 3.39. The summed E-state index contributed by atoms with van der Waals surface area (Å²) in [6, 6.07) is 9.75. The summed E-state index contributed by atoms with van der Waals surface area (Å²) in [5.41, 5.74) is 8.04. The Labute approximate surface area is 132 Å². The van der Waals surface area contributed by atoms with Crippen molar-refractivity contribution in [2.45, 2.75) is 0 Å². The molecule has 3 N–H and O–H groups in total. The second-order valence-electron chi connectivity index (χ2n) is 3.55. The molecule has 3 nitrogen and oxygen atoms in total. The van der Waals surface area contributed by atoms with Gasteiger partial charge in [-0.05, 0) is 52.9 Å². The van der Waals surface area contributed by atoms with Crippen LogP contribution in [-0.2, 0) is 0 Å². The smallest absolute Gasteiger partial charge is 0.122 e. The van der Waals surface area contributed by atoms with Gasteiger partial charge in [-0.3, -0.25) is 4.98 Å². The molecule has 0 aliphatic carbocycles. The number of nitrogens with one attached hydrogen (secondary N) is 1. The third-order valence-electron chi connectivity index (χ3n) is 2.22. The van der Waals surface area contributed by atoms with Crippen LogP contribution >= 0.6 is 50.7 Å². The minimum atomic E-state index is 0.304. The molecule has 1 aromatic carbocycles. The first-order valence-corrected chi connectivity index (χ1v) is 7.32. The van der Waals surface area contributed by atoms with Crippen molar-refractivity contribution >= 4 is 67.1 Å². The van der Waals surface area contributed by atoms with E-state index in [1.54, 1.807) is 12.3 Å². The third-order valence-corrected chi connectivity index (χ3v) is 3.87. The van der Waals surface area contributed by atoms with Gasteiger partial charge < -0.3 is 11.1 Å². The number of benzene rings is 1. The molecule has 1 heterocycles. The van der Waals surface area contributed by atoms with Gasteiger partial charge in [0.05, 0.1) is 23.3 Å². The molecule has 6 heteroatoms. The number of halogens is 2. The van der Waals surface area contributed by atoms with Gasteiger partial charge in [0.2, 0.25) is 0 Å². The summed E-state index contributed by atoms with van der Waals surface area (Å²) in [6.07, 6.45) is 1.71. The van der Waals surface area contributed by atoms with Gasteiger partial charge in [0, 0.05) is 8.04 Å². The van der Waals surface area contributed by atoms with Gasteiger partial charge in [-0.1, -0.05) is 28.1 Å². The molecule has 0 aliphatic rings. The first-order chi connectivity index (χ1) is 8.56. The van der Waals surface area contributed by atoms with Gasteiger partial charge in [-0.25, -0.2) is 0 Å². The second-order valence-corrected chi connectivity index (χ2v) is 6.06. The Morgan fingerprint density at radius 1 is 1.33 bits per heavy atom. The van der Waals surface area contributed by atoms with E-state index >= 15 is 0 Å². The van der Waals surface area contributed by atoms with Crippen LogP contribution in [0, 0.1) is 3.57 Å². The molecule has 0 amide bonds. The van der Waals surface area contributed by atoms with E-state index in [9.17, 15) is 0 Å². The Morgan fingerprint density at radius 3 is 2.72 bits per heavy atom. The van der Waals surface area contributed by atoms with Crippen molar-refractivity contribution in [3.8, 4) is 0 Å². The number of hydrogen-bond acceptors (Lipinski definition) is 3. The monoisotopic (exact) mass is 433 g/mol. The lowest BCUT2D eigenvalue weighted by atomic mass is 10.3. The molecule has 0 saturated heterocycles. The van der Waals surface area contributed by atoms with Gasteiger partial charge in [0.15, 0.2) is 0 Å². The van der Waals surface area contributed by atoms with E-state index in [0.717, 1.165) is 19.4 Å². The fourth-order valence-electron chi connectivity index (χ4n) is 1.36. The predicted octanol–water partition coefficient (Wildman–Crippen LogP) is 3.83. The average molecular weight is 434 g/mol. The van der Waals surface area contributed by atoms with Crippen LogP contribution < -0.4 is 11.1 Å². The zero-order valence-electron chi connectivity index (χ0n) is 9.15. The van der Waals surface area contributed by atoms with Crippen molar-refractivity contribution < 1.29 is 0 Å². The maximum atomic E-state index is 5.50. The van der Waals surface area contributed by atoms with E-state index in [1.165, 1.54) is 0 Å². The van der Waals surface area contributed by atoms with E-state index in [2.05, 4.69) is 48.8 Å². The summed E-state index contributed by atoms with van der Waals surface area (Å²) in [7, 11) is 0. The van der Waals surface area contributed by atoms with Crippen LogP contribution in [0.5, 0.6) is 0 Å². The lowest BCUT2D eigenvalue weighted by molar-refractivity contribution is 1.29. The predicted molar refractivity (Wildman–Crippen MR) is 90.3 cm³/mol. The first-order valence-electron chi connectivity index (χ1n) is 5.04. The Hall–Kier alpha value is -0.730. The van der Waals surface area contributed by atoms with E-state index in [1.807, 2.05) is 24.3 Å².